The number of rotatable bonds is 7. The third-order valence-electron chi connectivity index (χ3n) is 3.54. The van der Waals surface area contributed by atoms with Gasteiger partial charge in [0.25, 0.3) is 0 Å². The second kappa shape index (κ2) is 8.70. The van der Waals surface area contributed by atoms with E-state index in [9.17, 15) is 13.2 Å². The minimum absolute atomic E-state index is 0.0235. The normalized spacial score (nSPS) is 20.7. The number of hydrogen-bond donors (Lipinski definition) is 2. The molecule has 0 aromatic rings. The predicted octanol–water partition coefficient (Wildman–Crippen LogP) is 1.77. The van der Waals surface area contributed by atoms with Crippen molar-refractivity contribution in [2.24, 2.45) is 10.9 Å². The lowest BCUT2D eigenvalue weighted by molar-refractivity contribution is -0.0329. The summed E-state index contributed by atoms with van der Waals surface area (Å²) >= 11 is 0.0235. The second-order valence-electron chi connectivity index (χ2n) is 5.00. The highest BCUT2D eigenvalue weighted by Crippen LogP contribution is 2.29. The number of oxime groups is 1. The molecule has 0 aliphatic carbocycles. The molecular weight excluding hydrogens is 305 g/mol. The van der Waals surface area contributed by atoms with Crippen LogP contribution in [0.1, 0.15) is 19.8 Å². The molecule has 0 aromatic carbocycles. The third-order valence-corrected chi connectivity index (χ3v) is 4.25. The molecule has 1 heterocycles. The van der Waals surface area contributed by atoms with E-state index in [0.717, 1.165) is 25.9 Å². The fourth-order valence-electron chi connectivity index (χ4n) is 2.45. The first-order valence-electron chi connectivity index (χ1n) is 7.02. The van der Waals surface area contributed by atoms with Crippen LogP contribution in [0.25, 0.3) is 0 Å². The van der Waals surface area contributed by atoms with Gasteiger partial charge in [-0.3, -0.25) is 9.80 Å². The number of amidine groups is 1. The first-order valence-corrected chi connectivity index (χ1v) is 8.00. The van der Waals surface area contributed by atoms with E-state index in [2.05, 4.69) is 10.1 Å². The highest BCUT2D eigenvalue weighted by molar-refractivity contribution is 8.00. The van der Waals surface area contributed by atoms with E-state index in [1.165, 1.54) is 0 Å². The lowest BCUT2D eigenvalue weighted by Gasteiger charge is -2.38. The molecule has 1 saturated heterocycles. The minimum atomic E-state index is -4.15. The third kappa shape index (κ3) is 6.75. The van der Waals surface area contributed by atoms with E-state index in [0.29, 0.717) is 19.6 Å². The van der Waals surface area contributed by atoms with Gasteiger partial charge in [0.1, 0.15) is 0 Å². The Bertz CT molecular complexity index is 333. The summed E-state index contributed by atoms with van der Waals surface area (Å²) in [6, 6.07) is -0.0910. The standard InChI is InChI=1S/C12H23F3N4OS/c1-2-3-10(11(16)17-20)19-6-4-18(5-7-19)8-9-21-12(13,14)15/h10,20H,2-9H2,1H3,(H2,16,17). The Morgan fingerprint density at radius 3 is 2.43 bits per heavy atom. The minimum Gasteiger partial charge on any atom is -0.409 e. The van der Waals surface area contributed by atoms with E-state index in [-0.39, 0.29) is 29.4 Å². The lowest BCUT2D eigenvalue weighted by Crippen LogP contribution is -2.54. The van der Waals surface area contributed by atoms with Crippen molar-refractivity contribution in [1.29, 1.82) is 0 Å². The van der Waals surface area contributed by atoms with Gasteiger partial charge in [0.05, 0.1) is 6.04 Å². The van der Waals surface area contributed by atoms with Crippen molar-refractivity contribution in [3.8, 4) is 0 Å². The Kier molecular flexibility index (Phi) is 7.61. The van der Waals surface area contributed by atoms with E-state index in [4.69, 9.17) is 10.9 Å². The first kappa shape index (κ1) is 18.4. The molecule has 1 aliphatic heterocycles. The average Bonchev–Trinajstić information content (AvgIpc) is 2.43. The van der Waals surface area contributed by atoms with Crippen LogP contribution in [0.4, 0.5) is 13.2 Å². The molecule has 0 spiro atoms. The molecule has 0 saturated carbocycles. The monoisotopic (exact) mass is 328 g/mol. The number of piperazine rings is 1. The topological polar surface area (TPSA) is 65.1 Å². The highest BCUT2D eigenvalue weighted by atomic mass is 32.2. The van der Waals surface area contributed by atoms with Gasteiger partial charge in [-0.1, -0.05) is 18.5 Å². The summed E-state index contributed by atoms with van der Waals surface area (Å²) in [5, 5.41) is 11.9. The van der Waals surface area contributed by atoms with Gasteiger partial charge < -0.3 is 10.9 Å². The molecule has 0 radical (unpaired) electrons. The molecule has 0 bridgehead atoms. The van der Waals surface area contributed by atoms with Gasteiger partial charge in [-0.2, -0.15) is 13.2 Å². The zero-order chi connectivity index (χ0) is 15.9. The molecule has 1 fully saturated rings. The molecule has 124 valence electrons. The van der Waals surface area contributed by atoms with Crippen molar-refractivity contribution in [1.82, 2.24) is 9.80 Å². The molecule has 1 unspecified atom stereocenters. The van der Waals surface area contributed by atoms with Gasteiger partial charge in [0, 0.05) is 38.5 Å². The maximum Gasteiger partial charge on any atom is 0.441 e. The number of nitrogens with two attached hydrogens (primary N) is 1. The number of nitrogens with zero attached hydrogens (tertiary/aromatic N) is 3. The van der Waals surface area contributed by atoms with E-state index in [1.807, 2.05) is 11.8 Å². The van der Waals surface area contributed by atoms with Gasteiger partial charge in [0.15, 0.2) is 5.84 Å². The molecule has 0 amide bonds. The largest absolute Gasteiger partial charge is 0.441 e. The van der Waals surface area contributed by atoms with Gasteiger partial charge >= 0.3 is 5.51 Å². The summed E-state index contributed by atoms with van der Waals surface area (Å²) in [5.41, 5.74) is 1.56. The quantitative estimate of drug-likeness (QED) is 0.323. The molecular formula is C12H23F3N4OS. The Balaban J connectivity index is 2.36. The van der Waals surface area contributed by atoms with Gasteiger partial charge in [-0.05, 0) is 18.2 Å². The number of alkyl halides is 3. The van der Waals surface area contributed by atoms with Crippen LogP contribution in [-0.2, 0) is 0 Å². The van der Waals surface area contributed by atoms with Crippen LogP contribution in [0.15, 0.2) is 5.16 Å². The van der Waals surface area contributed by atoms with Crippen LogP contribution in [0.5, 0.6) is 0 Å². The van der Waals surface area contributed by atoms with Crippen molar-refractivity contribution in [2.45, 2.75) is 31.3 Å². The number of halogens is 3. The summed E-state index contributed by atoms with van der Waals surface area (Å²) in [7, 11) is 0. The van der Waals surface area contributed by atoms with Crippen molar-refractivity contribution >= 4 is 17.6 Å². The number of thioether (sulfide) groups is 1. The maximum atomic E-state index is 12.1. The highest BCUT2D eigenvalue weighted by Gasteiger charge is 2.29. The van der Waals surface area contributed by atoms with Gasteiger partial charge in [-0.15, -0.1) is 0 Å². The van der Waals surface area contributed by atoms with Crippen molar-refractivity contribution < 1.29 is 18.4 Å². The van der Waals surface area contributed by atoms with Crippen LogP contribution in [-0.4, -0.2) is 70.9 Å². The maximum absolute atomic E-state index is 12.1. The summed E-state index contributed by atoms with van der Waals surface area (Å²) in [5.74, 6) is 0.264. The van der Waals surface area contributed by atoms with E-state index in [1.54, 1.807) is 0 Å². The van der Waals surface area contributed by atoms with E-state index < -0.39 is 5.51 Å². The molecule has 5 nitrogen and oxygen atoms in total. The van der Waals surface area contributed by atoms with Crippen LogP contribution in [0, 0.1) is 0 Å². The molecule has 1 atom stereocenters. The van der Waals surface area contributed by atoms with Crippen LogP contribution in [0.2, 0.25) is 0 Å². The van der Waals surface area contributed by atoms with Crippen molar-refractivity contribution in [3.05, 3.63) is 0 Å². The fraction of sp³-hybridized carbons (Fsp3) is 0.917. The molecule has 1 rings (SSSR count). The average molecular weight is 328 g/mol. The smallest absolute Gasteiger partial charge is 0.409 e. The molecule has 3 N–H and O–H groups in total. The van der Waals surface area contributed by atoms with Crippen LogP contribution in [0.3, 0.4) is 0 Å². The molecule has 9 heteroatoms. The summed E-state index contributed by atoms with van der Waals surface area (Å²) < 4.78 is 36.2. The molecule has 0 aromatic heterocycles. The fourth-order valence-corrected chi connectivity index (χ4v) is 3.03. The van der Waals surface area contributed by atoms with Crippen molar-refractivity contribution in [3.63, 3.8) is 0 Å². The Labute approximate surface area is 127 Å². The Morgan fingerprint density at radius 2 is 1.95 bits per heavy atom. The zero-order valence-electron chi connectivity index (χ0n) is 12.1. The molecule has 21 heavy (non-hydrogen) atoms. The lowest BCUT2D eigenvalue weighted by atomic mass is 10.1. The summed E-state index contributed by atoms with van der Waals surface area (Å²) in [4.78, 5) is 4.15. The van der Waals surface area contributed by atoms with Gasteiger partial charge in [0.2, 0.25) is 0 Å². The van der Waals surface area contributed by atoms with E-state index >= 15 is 0 Å². The van der Waals surface area contributed by atoms with Crippen LogP contribution < -0.4 is 5.73 Å². The van der Waals surface area contributed by atoms with Gasteiger partial charge in [-0.25, -0.2) is 0 Å². The van der Waals surface area contributed by atoms with Crippen molar-refractivity contribution in [2.75, 3.05) is 38.5 Å². The summed E-state index contributed by atoms with van der Waals surface area (Å²) in [6.07, 6.45) is 1.73. The Morgan fingerprint density at radius 1 is 1.33 bits per heavy atom. The Hall–Kier alpha value is -0.670. The zero-order valence-corrected chi connectivity index (χ0v) is 13.0. The predicted molar refractivity (Wildman–Crippen MR) is 78.6 cm³/mol. The molecule has 1 aliphatic rings. The SMILES string of the molecule is CCCC(C(N)=NO)N1CCN(CCSC(F)(F)F)CC1. The first-order chi connectivity index (χ1) is 9.87. The van der Waals surface area contributed by atoms with Crippen LogP contribution >= 0.6 is 11.8 Å². The number of hydrogen-bond acceptors (Lipinski definition) is 5. The summed E-state index contributed by atoms with van der Waals surface area (Å²) in [6.45, 7) is 5.31. The second-order valence-corrected chi connectivity index (χ2v) is 6.16.